The van der Waals surface area contributed by atoms with Crippen LogP contribution in [0.15, 0.2) is 47.1 Å². The highest BCUT2D eigenvalue weighted by Crippen LogP contribution is 2.24. The second-order valence-corrected chi connectivity index (χ2v) is 6.17. The Kier molecular flexibility index (Phi) is 5.48. The zero-order valence-electron chi connectivity index (χ0n) is 13.5. The first-order valence-corrected chi connectivity index (χ1v) is 8.61. The molecule has 1 aromatic heterocycles. The quantitative estimate of drug-likeness (QED) is 0.622. The number of nitrogens with zero attached hydrogens (tertiary/aromatic N) is 1. The summed E-state index contributed by atoms with van der Waals surface area (Å²) >= 11 is 5.32. The largest absolute Gasteiger partial charge is 0.469 e. The van der Waals surface area contributed by atoms with Crippen molar-refractivity contribution in [3.05, 3.63) is 48.4 Å². The molecule has 126 valence electrons. The molecule has 1 aliphatic rings. The van der Waals surface area contributed by atoms with Gasteiger partial charge in [0.25, 0.3) is 0 Å². The molecule has 6 heteroatoms. The molecule has 1 aliphatic heterocycles. The number of anilines is 2. The number of benzene rings is 1. The Morgan fingerprint density at radius 2 is 2.21 bits per heavy atom. The molecule has 0 unspecified atom stereocenters. The Labute approximate surface area is 147 Å². The van der Waals surface area contributed by atoms with E-state index in [0.29, 0.717) is 11.5 Å². The molecular weight excluding hydrogens is 322 g/mol. The number of carbonyl (C=O) groups is 1. The fraction of sp³-hybridized carbons (Fsp3) is 0.333. The summed E-state index contributed by atoms with van der Waals surface area (Å²) in [6.45, 7) is 1.56. The summed E-state index contributed by atoms with van der Waals surface area (Å²) in [5, 5.41) is 6.95. The smallest absolute Gasteiger partial charge is 0.227 e. The molecule has 0 spiro atoms. The maximum Gasteiger partial charge on any atom is 0.227 e. The van der Waals surface area contributed by atoms with Gasteiger partial charge >= 0.3 is 0 Å². The third kappa shape index (κ3) is 4.35. The molecule has 0 radical (unpaired) electrons. The van der Waals surface area contributed by atoms with E-state index in [2.05, 4.69) is 10.6 Å². The van der Waals surface area contributed by atoms with Gasteiger partial charge in [-0.1, -0.05) is 6.07 Å². The summed E-state index contributed by atoms with van der Waals surface area (Å²) in [6.07, 6.45) is 5.07. The first-order valence-electron chi connectivity index (χ1n) is 8.20. The highest BCUT2D eigenvalue weighted by Gasteiger charge is 2.21. The van der Waals surface area contributed by atoms with Crippen LogP contribution < -0.4 is 15.5 Å². The normalized spacial score (nSPS) is 14.0. The second kappa shape index (κ2) is 7.97. The van der Waals surface area contributed by atoms with Crippen LogP contribution in [0.3, 0.4) is 0 Å². The molecule has 24 heavy (non-hydrogen) atoms. The zero-order chi connectivity index (χ0) is 16.8. The first kappa shape index (κ1) is 16.5. The minimum atomic E-state index is 0.186. The molecule has 0 saturated carbocycles. The Morgan fingerprint density at radius 1 is 1.29 bits per heavy atom. The van der Waals surface area contributed by atoms with Crippen molar-refractivity contribution in [3.63, 3.8) is 0 Å². The molecule has 1 fully saturated rings. The van der Waals surface area contributed by atoms with E-state index in [9.17, 15) is 4.79 Å². The predicted molar refractivity (Wildman–Crippen MR) is 99.3 cm³/mol. The SMILES string of the molecule is O=C1CCCN1c1cccc(NC(=S)NCCCc2ccco2)c1. The van der Waals surface area contributed by atoms with Crippen molar-refractivity contribution in [3.8, 4) is 0 Å². The number of carbonyl (C=O) groups excluding carboxylic acids is 1. The number of hydrogen-bond donors (Lipinski definition) is 2. The molecule has 2 N–H and O–H groups in total. The lowest BCUT2D eigenvalue weighted by Crippen LogP contribution is -2.29. The van der Waals surface area contributed by atoms with Crippen LogP contribution in [0.2, 0.25) is 0 Å². The van der Waals surface area contributed by atoms with Gasteiger partial charge in [0, 0.05) is 37.3 Å². The molecule has 2 aromatic rings. The van der Waals surface area contributed by atoms with E-state index >= 15 is 0 Å². The van der Waals surface area contributed by atoms with Crippen molar-refractivity contribution >= 4 is 34.6 Å². The van der Waals surface area contributed by atoms with Gasteiger partial charge in [0.15, 0.2) is 5.11 Å². The van der Waals surface area contributed by atoms with Crippen LogP contribution in [-0.4, -0.2) is 24.1 Å². The highest BCUT2D eigenvalue weighted by atomic mass is 32.1. The third-order valence-electron chi connectivity index (χ3n) is 3.95. The van der Waals surface area contributed by atoms with Gasteiger partial charge in [-0.15, -0.1) is 0 Å². The number of furan rings is 1. The minimum Gasteiger partial charge on any atom is -0.469 e. The summed E-state index contributed by atoms with van der Waals surface area (Å²) in [7, 11) is 0. The van der Waals surface area contributed by atoms with Crippen molar-refractivity contribution in [1.82, 2.24) is 5.32 Å². The number of thiocarbonyl (C=S) groups is 1. The average molecular weight is 343 g/mol. The van der Waals surface area contributed by atoms with Crippen molar-refractivity contribution in [1.29, 1.82) is 0 Å². The van der Waals surface area contributed by atoms with Gasteiger partial charge in [-0.3, -0.25) is 4.79 Å². The molecule has 1 amide bonds. The number of aryl methyl sites for hydroxylation is 1. The standard InChI is InChI=1S/C18H21N3O2S/c22-17-9-3-11-21(17)15-6-1-5-14(13-15)20-18(24)19-10-2-7-16-8-4-12-23-16/h1,4-6,8,12-13H,2-3,7,9-11H2,(H2,19,20,24). The average Bonchev–Trinajstić information content (AvgIpc) is 3.23. The van der Waals surface area contributed by atoms with E-state index in [1.54, 1.807) is 6.26 Å². The van der Waals surface area contributed by atoms with Crippen LogP contribution in [0.25, 0.3) is 0 Å². The van der Waals surface area contributed by atoms with Gasteiger partial charge in [0.05, 0.1) is 6.26 Å². The van der Waals surface area contributed by atoms with Crippen LogP contribution in [-0.2, 0) is 11.2 Å². The van der Waals surface area contributed by atoms with E-state index in [-0.39, 0.29) is 5.91 Å². The Bertz CT molecular complexity index is 700. The van der Waals surface area contributed by atoms with Gasteiger partial charge in [0.1, 0.15) is 5.76 Å². The van der Waals surface area contributed by atoms with Gasteiger partial charge < -0.3 is 20.0 Å². The van der Waals surface area contributed by atoms with E-state index in [4.69, 9.17) is 16.6 Å². The van der Waals surface area contributed by atoms with Gasteiger partial charge in [-0.25, -0.2) is 0 Å². The van der Waals surface area contributed by atoms with Crippen LogP contribution in [0, 0.1) is 0 Å². The fourth-order valence-electron chi connectivity index (χ4n) is 2.77. The van der Waals surface area contributed by atoms with E-state index in [1.165, 1.54) is 0 Å². The third-order valence-corrected chi connectivity index (χ3v) is 4.20. The van der Waals surface area contributed by atoms with Gasteiger partial charge in [0.2, 0.25) is 5.91 Å². The second-order valence-electron chi connectivity index (χ2n) is 5.76. The fourth-order valence-corrected chi connectivity index (χ4v) is 2.99. The van der Waals surface area contributed by atoms with Gasteiger partial charge in [-0.05, 0) is 55.4 Å². The molecular formula is C18H21N3O2S. The number of hydrogen-bond acceptors (Lipinski definition) is 3. The molecule has 3 rings (SSSR count). The minimum absolute atomic E-state index is 0.186. The summed E-state index contributed by atoms with van der Waals surface area (Å²) in [4.78, 5) is 13.7. The summed E-state index contributed by atoms with van der Waals surface area (Å²) in [6, 6.07) is 11.7. The Balaban J connectivity index is 1.46. The van der Waals surface area contributed by atoms with Crippen molar-refractivity contribution in [2.24, 2.45) is 0 Å². The lowest BCUT2D eigenvalue weighted by Gasteiger charge is -2.17. The van der Waals surface area contributed by atoms with Crippen LogP contribution in [0.5, 0.6) is 0 Å². The number of nitrogens with one attached hydrogen (secondary N) is 2. The highest BCUT2D eigenvalue weighted by molar-refractivity contribution is 7.80. The van der Waals surface area contributed by atoms with E-state index in [1.807, 2.05) is 41.3 Å². The Hall–Kier alpha value is -2.34. The summed E-state index contributed by atoms with van der Waals surface area (Å²) in [5.74, 6) is 1.17. The maximum atomic E-state index is 11.8. The van der Waals surface area contributed by atoms with Crippen LogP contribution in [0.4, 0.5) is 11.4 Å². The van der Waals surface area contributed by atoms with Crippen LogP contribution in [0.1, 0.15) is 25.0 Å². The molecule has 1 saturated heterocycles. The zero-order valence-corrected chi connectivity index (χ0v) is 14.3. The summed E-state index contributed by atoms with van der Waals surface area (Å²) < 4.78 is 5.30. The lowest BCUT2D eigenvalue weighted by atomic mass is 10.2. The molecule has 0 bridgehead atoms. The van der Waals surface area contributed by atoms with Gasteiger partial charge in [-0.2, -0.15) is 0 Å². The summed E-state index contributed by atoms with van der Waals surface area (Å²) in [5.41, 5.74) is 1.80. The molecule has 5 nitrogen and oxygen atoms in total. The van der Waals surface area contributed by atoms with Crippen molar-refractivity contribution in [2.75, 3.05) is 23.3 Å². The number of amides is 1. The number of rotatable bonds is 6. The molecule has 2 heterocycles. The maximum absolute atomic E-state index is 11.8. The van der Waals surface area contributed by atoms with Crippen molar-refractivity contribution in [2.45, 2.75) is 25.7 Å². The monoisotopic (exact) mass is 343 g/mol. The Morgan fingerprint density at radius 3 is 2.96 bits per heavy atom. The molecule has 1 aromatic carbocycles. The molecule has 0 atom stereocenters. The lowest BCUT2D eigenvalue weighted by molar-refractivity contribution is -0.117. The van der Waals surface area contributed by atoms with E-state index in [0.717, 1.165) is 49.5 Å². The van der Waals surface area contributed by atoms with Crippen LogP contribution >= 0.6 is 12.2 Å². The molecule has 0 aliphatic carbocycles. The van der Waals surface area contributed by atoms with Crippen molar-refractivity contribution < 1.29 is 9.21 Å². The predicted octanol–water partition coefficient (Wildman–Crippen LogP) is 3.33. The van der Waals surface area contributed by atoms with E-state index < -0.39 is 0 Å². The first-order chi connectivity index (χ1) is 11.7. The topological polar surface area (TPSA) is 57.5 Å².